The van der Waals surface area contributed by atoms with Crippen LogP contribution < -0.4 is 10.5 Å². The van der Waals surface area contributed by atoms with Crippen LogP contribution in [-0.4, -0.2) is 19.7 Å². The molecule has 0 fully saturated rings. The molecule has 1 unspecified atom stereocenters. The molecule has 1 atom stereocenters. The van der Waals surface area contributed by atoms with E-state index in [0.29, 0.717) is 19.4 Å². The van der Waals surface area contributed by atoms with E-state index in [1.807, 2.05) is 42.5 Å². The van der Waals surface area contributed by atoms with Crippen molar-refractivity contribution in [3.8, 4) is 5.75 Å². The highest BCUT2D eigenvalue weighted by Gasteiger charge is 2.03. The first-order valence-corrected chi connectivity index (χ1v) is 7.97. The zero-order valence-corrected chi connectivity index (χ0v) is 14.2. The predicted molar refractivity (Wildman–Crippen MR) is 93.1 cm³/mol. The van der Waals surface area contributed by atoms with E-state index in [-0.39, 0.29) is 11.9 Å². The minimum Gasteiger partial charge on any atom is -0.493 e. The van der Waals surface area contributed by atoms with Gasteiger partial charge in [0.05, 0.1) is 13.7 Å². The fourth-order valence-electron chi connectivity index (χ4n) is 1.96. The molecule has 126 valence electrons. The van der Waals surface area contributed by atoms with E-state index < -0.39 is 0 Å². The third kappa shape index (κ3) is 8.10. The molecule has 2 N–H and O–H groups in total. The van der Waals surface area contributed by atoms with Crippen molar-refractivity contribution >= 4 is 5.97 Å². The number of carbonyl (C=O) groups is 1. The number of hydrogen-bond acceptors (Lipinski definition) is 4. The molecule has 1 rings (SSSR count). The van der Waals surface area contributed by atoms with Gasteiger partial charge in [0.2, 0.25) is 0 Å². The number of allylic oxidation sites excluding steroid dienone is 2. The summed E-state index contributed by atoms with van der Waals surface area (Å²) in [6.07, 6.45) is 7.96. The molecular weight excluding hydrogens is 290 g/mol. The maximum absolute atomic E-state index is 11.1. The monoisotopic (exact) mass is 317 g/mol. The number of aryl methyl sites for hydroxylation is 1. The molecule has 0 bridgehead atoms. The van der Waals surface area contributed by atoms with Crippen LogP contribution in [0.4, 0.5) is 0 Å². The van der Waals surface area contributed by atoms with Gasteiger partial charge in [0.25, 0.3) is 0 Å². The van der Waals surface area contributed by atoms with Gasteiger partial charge in [0, 0.05) is 18.0 Å². The van der Waals surface area contributed by atoms with Crippen LogP contribution in [0.15, 0.2) is 48.2 Å². The van der Waals surface area contributed by atoms with Gasteiger partial charge in [-0.3, -0.25) is 4.79 Å². The largest absolute Gasteiger partial charge is 0.493 e. The third-order valence-corrected chi connectivity index (χ3v) is 3.34. The molecule has 4 heteroatoms. The topological polar surface area (TPSA) is 61.5 Å². The Kier molecular flexibility index (Phi) is 8.58. The highest BCUT2D eigenvalue weighted by molar-refractivity contribution is 5.69. The highest BCUT2D eigenvalue weighted by Crippen LogP contribution is 2.15. The van der Waals surface area contributed by atoms with Crippen LogP contribution in [0.25, 0.3) is 0 Å². The lowest BCUT2D eigenvalue weighted by atomic mass is 10.1. The average molecular weight is 317 g/mol. The van der Waals surface area contributed by atoms with E-state index in [1.165, 1.54) is 7.11 Å². The lowest BCUT2D eigenvalue weighted by Crippen LogP contribution is -2.07. The van der Waals surface area contributed by atoms with Gasteiger partial charge in [-0.1, -0.05) is 38.1 Å². The number of rotatable bonds is 9. The molecule has 0 spiro atoms. The maximum Gasteiger partial charge on any atom is 0.305 e. The van der Waals surface area contributed by atoms with Crippen LogP contribution in [0.5, 0.6) is 5.75 Å². The summed E-state index contributed by atoms with van der Waals surface area (Å²) in [4.78, 5) is 11.1. The van der Waals surface area contributed by atoms with Crippen molar-refractivity contribution in [2.24, 2.45) is 11.7 Å². The number of nitrogens with two attached hydrogens (primary N) is 1. The number of ether oxygens (including phenoxy) is 2. The quantitative estimate of drug-likeness (QED) is 0.558. The number of hydrogen-bond donors (Lipinski definition) is 1. The molecular formula is C19H27NO3. The van der Waals surface area contributed by atoms with Crippen molar-refractivity contribution in [1.82, 2.24) is 0 Å². The van der Waals surface area contributed by atoms with Gasteiger partial charge in [-0.15, -0.1) is 0 Å². The van der Waals surface area contributed by atoms with E-state index in [4.69, 9.17) is 10.5 Å². The molecule has 4 nitrogen and oxygen atoms in total. The van der Waals surface area contributed by atoms with Gasteiger partial charge in [-0.25, -0.2) is 0 Å². The van der Waals surface area contributed by atoms with Gasteiger partial charge in [0.15, 0.2) is 0 Å². The van der Waals surface area contributed by atoms with E-state index in [0.717, 1.165) is 23.4 Å². The van der Waals surface area contributed by atoms with Crippen LogP contribution in [0, 0.1) is 5.92 Å². The molecule has 0 saturated carbocycles. The average Bonchev–Trinajstić information content (AvgIpc) is 2.57. The predicted octanol–water partition coefficient (Wildman–Crippen LogP) is 3.62. The van der Waals surface area contributed by atoms with Gasteiger partial charge < -0.3 is 15.2 Å². The Morgan fingerprint density at radius 2 is 2.00 bits per heavy atom. The van der Waals surface area contributed by atoms with Crippen molar-refractivity contribution in [2.75, 3.05) is 13.7 Å². The second-order valence-corrected chi connectivity index (χ2v) is 5.48. The number of benzene rings is 1. The van der Waals surface area contributed by atoms with Crippen molar-refractivity contribution in [2.45, 2.75) is 33.1 Å². The molecule has 1 aromatic rings. The SMILES string of the molecule is CC/C=C(N)\C=C/C(C)COc1ccc(CCC(=O)OC)cc1. The molecule has 1 aromatic carbocycles. The molecule has 0 saturated heterocycles. The first-order valence-electron chi connectivity index (χ1n) is 7.97. The summed E-state index contributed by atoms with van der Waals surface area (Å²) in [6, 6.07) is 7.80. The second kappa shape index (κ2) is 10.5. The molecule has 0 heterocycles. The van der Waals surface area contributed by atoms with Crippen LogP contribution >= 0.6 is 0 Å². The Balaban J connectivity index is 2.40. The Morgan fingerprint density at radius 3 is 2.61 bits per heavy atom. The zero-order valence-electron chi connectivity index (χ0n) is 14.2. The fraction of sp³-hybridized carbons (Fsp3) is 0.421. The first kappa shape index (κ1) is 18.8. The van der Waals surface area contributed by atoms with E-state index in [2.05, 4.69) is 18.6 Å². The van der Waals surface area contributed by atoms with Crippen molar-refractivity contribution in [1.29, 1.82) is 0 Å². The summed E-state index contributed by atoms with van der Waals surface area (Å²) in [5, 5.41) is 0. The summed E-state index contributed by atoms with van der Waals surface area (Å²) in [5.74, 6) is 0.907. The summed E-state index contributed by atoms with van der Waals surface area (Å²) in [7, 11) is 1.40. The van der Waals surface area contributed by atoms with Crippen molar-refractivity contribution in [3.05, 3.63) is 53.8 Å². The van der Waals surface area contributed by atoms with Gasteiger partial charge in [-0.05, 0) is 36.6 Å². The number of carbonyl (C=O) groups excluding carboxylic acids is 1. The van der Waals surface area contributed by atoms with Crippen LogP contribution in [0.2, 0.25) is 0 Å². The van der Waals surface area contributed by atoms with E-state index in [9.17, 15) is 4.79 Å². The normalized spacial score (nSPS) is 13.1. The summed E-state index contributed by atoms with van der Waals surface area (Å²) in [6.45, 7) is 4.74. The Bertz CT molecular complexity index is 532. The zero-order chi connectivity index (χ0) is 17.1. The molecule has 0 aliphatic heterocycles. The molecule has 0 radical (unpaired) electrons. The number of esters is 1. The van der Waals surface area contributed by atoms with Gasteiger partial charge in [0.1, 0.15) is 5.75 Å². The first-order chi connectivity index (χ1) is 11.0. The fourth-order valence-corrected chi connectivity index (χ4v) is 1.96. The Hall–Kier alpha value is -2.23. The van der Waals surface area contributed by atoms with Crippen molar-refractivity contribution < 1.29 is 14.3 Å². The van der Waals surface area contributed by atoms with Crippen LogP contribution in [0.1, 0.15) is 32.3 Å². The molecule has 0 amide bonds. The highest BCUT2D eigenvalue weighted by atomic mass is 16.5. The summed E-state index contributed by atoms with van der Waals surface area (Å²) in [5.41, 5.74) is 7.69. The van der Waals surface area contributed by atoms with Crippen molar-refractivity contribution in [3.63, 3.8) is 0 Å². The Labute approximate surface area is 139 Å². The minimum absolute atomic E-state index is 0.192. The second-order valence-electron chi connectivity index (χ2n) is 5.48. The minimum atomic E-state index is -0.192. The van der Waals surface area contributed by atoms with Crippen LogP contribution in [0.3, 0.4) is 0 Å². The standard InChI is InChI=1S/C19H27NO3/c1-4-5-17(20)10-6-15(2)14-23-18-11-7-16(8-12-18)9-13-19(21)22-3/h5-8,10-12,15H,4,9,13-14,20H2,1-3H3/b10-6-,17-5+. The third-order valence-electron chi connectivity index (χ3n) is 3.34. The lowest BCUT2D eigenvalue weighted by Gasteiger charge is -2.10. The lowest BCUT2D eigenvalue weighted by molar-refractivity contribution is -0.140. The summed E-state index contributed by atoms with van der Waals surface area (Å²) < 4.78 is 10.4. The summed E-state index contributed by atoms with van der Waals surface area (Å²) >= 11 is 0. The Morgan fingerprint density at radius 1 is 1.30 bits per heavy atom. The smallest absolute Gasteiger partial charge is 0.305 e. The molecule has 0 aromatic heterocycles. The molecule has 0 aliphatic rings. The molecule has 0 aliphatic carbocycles. The van der Waals surface area contributed by atoms with Crippen LogP contribution in [-0.2, 0) is 16.0 Å². The number of methoxy groups -OCH3 is 1. The van der Waals surface area contributed by atoms with Gasteiger partial charge in [-0.2, -0.15) is 0 Å². The van der Waals surface area contributed by atoms with E-state index in [1.54, 1.807) is 0 Å². The molecule has 23 heavy (non-hydrogen) atoms. The van der Waals surface area contributed by atoms with E-state index >= 15 is 0 Å². The van der Waals surface area contributed by atoms with Gasteiger partial charge >= 0.3 is 5.97 Å². The maximum atomic E-state index is 11.1.